The number of benzene rings is 1. The quantitative estimate of drug-likeness (QED) is 0.923. The van der Waals surface area contributed by atoms with Crippen LogP contribution in [0.5, 0.6) is 0 Å². The van der Waals surface area contributed by atoms with E-state index in [2.05, 4.69) is 4.72 Å². The molecule has 1 heterocycles. The van der Waals surface area contributed by atoms with Gasteiger partial charge in [0.1, 0.15) is 11.6 Å². The molecule has 0 saturated carbocycles. The molecule has 0 fully saturated rings. The van der Waals surface area contributed by atoms with Crippen molar-refractivity contribution >= 4 is 21.6 Å². The van der Waals surface area contributed by atoms with E-state index in [0.29, 0.717) is 12.2 Å². The predicted molar refractivity (Wildman–Crippen MR) is 69.0 cm³/mol. The van der Waals surface area contributed by atoms with Crippen LogP contribution in [0.2, 0.25) is 5.02 Å². The zero-order chi connectivity index (χ0) is 13.9. The van der Waals surface area contributed by atoms with E-state index >= 15 is 0 Å². The van der Waals surface area contributed by atoms with E-state index in [4.69, 9.17) is 16.0 Å². The Hall–Kier alpha value is -1.37. The van der Waals surface area contributed by atoms with Gasteiger partial charge in [0, 0.05) is 13.0 Å². The molecular weight excluding hydrogens is 293 g/mol. The van der Waals surface area contributed by atoms with E-state index < -0.39 is 15.8 Å². The van der Waals surface area contributed by atoms with Gasteiger partial charge >= 0.3 is 0 Å². The number of sulfonamides is 1. The Bertz CT molecular complexity index is 656. The van der Waals surface area contributed by atoms with E-state index in [-0.39, 0.29) is 16.5 Å². The summed E-state index contributed by atoms with van der Waals surface area (Å²) in [6, 6.07) is 6.73. The second-order valence-corrected chi connectivity index (χ2v) is 5.98. The lowest BCUT2D eigenvalue weighted by Crippen LogP contribution is -2.25. The molecule has 0 amide bonds. The Morgan fingerprint density at radius 1 is 1.32 bits per heavy atom. The minimum absolute atomic E-state index is 0.0710. The summed E-state index contributed by atoms with van der Waals surface area (Å²) >= 11 is 5.55. The van der Waals surface area contributed by atoms with Crippen molar-refractivity contribution in [1.82, 2.24) is 4.72 Å². The summed E-state index contributed by atoms with van der Waals surface area (Å²) in [4.78, 5) is -0.0710. The predicted octanol–water partition coefficient (Wildman–Crippen LogP) is 2.59. The van der Waals surface area contributed by atoms with Gasteiger partial charge in [0.05, 0.1) is 16.2 Å². The highest BCUT2D eigenvalue weighted by molar-refractivity contribution is 7.89. The number of rotatable bonds is 5. The van der Waals surface area contributed by atoms with Crippen LogP contribution in [-0.2, 0) is 16.4 Å². The average Bonchev–Trinajstić information content (AvgIpc) is 2.85. The summed E-state index contributed by atoms with van der Waals surface area (Å²) < 4.78 is 44.2. The average molecular weight is 304 g/mol. The molecule has 102 valence electrons. The lowest BCUT2D eigenvalue weighted by atomic mass is 10.3. The Balaban J connectivity index is 2.03. The van der Waals surface area contributed by atoms with Crippen molar-refractivity contribution in [3.05, 3.63) is 53.2 Å². The molecule has 0 spiro atoms. The largest absolute Gasteiger partial charge is 0.469 e. The van der Waals surface area contributed by atoms with Gasteiger partial charge in [-0.15, -0.1) is 0 Å². The van der Waals surface area contributed by atoms with Gasteiger partial charge in [-0.1, -0.05) is 11.6 Å². The maximum absolute atomic E-state index is 13.0. The summed E-state index contributed by atoms with van der Waals surface area (Å²) in [5.74, 6) is 0.0241. The highest BCUT2D eigenvalue weighted by Gasteiger charge is 2.15. The molecule has 0 radical (unpaired) electrons. The molecule has 2 rings (SSSR count). The molecule has 19 heavy (non-hydrogen) atoms. The molecular formula is C12H11ClFNO3S. The van der Waals surface area contributed by atoms with Crippen molar-refractivity contribution in [3.8, 4) is 0 Å². The van der Waals surface area contributed by atoms with Crippen molar-refractivity contribution < 1.29 is 17.2 Å². The highest BCUT2D eigenvalue weighted by Crippen LogP contribution is 2.19. The maximum Gasteiger partial charge on any atom is 0.240 e. The Labute approximate surface area is 115 Å². The van der Waals surface area contributed by atoms with Crippen LogP contribution < -0.4 is 4.72 Å². The molecule has 0 bridgehead atoms. The summed E-state index contributed by atoms with van der Waals surface area (Å²) in [7, 11) is -3.70. The molecule has 1 aromatic heterocycles. The van der Waals surface area contributed by atoms with E-state index in [1.807, 2.05) is 0 Å². The summed E-state index contributed by atoms with van der Waals surface area (Å²) in [6.45, 7) is 0.185. The number of furan rings is 1. The molecule has 0 aliphatic heterocycles. The van der Waals surface area contributed by atoms with Gasteiger partial charge in [-0.25, -0.2) is 17.5 Å². The van der Waals surface area contributed by atoms with Gasteiger partial charge in [0.25, 0.3) is 0 Å². The van der Waals surface area contributed by atoms with Gasteiger partial charge < -0.3 is 4.42 Å². The molecule has 1 N–H and O–H groups in total. The summed E-state index contributed by atoms with van der Waals surface area (Å²) in [6.07, 6.45) is 1.95. The van der Waals surface area contributed by atoms with Crippen LogP contribution in [0.15, 0.2) is 45.9 Å². The van der Waals surface area contributed by atoms with Crippen molar-refractivity contribution in [2.24, 2.45) is 0 Å². The first-order valence-electron chi connectivity index (χ1n) is 5.46. The zero-order valence-electron chi connectivity index (χ0n) is 9.77. The smallest absolute Gasteiger partial charge is 0.240 e. The lowest BCUT2D eigenvalue weighted by Gasteiger charge is -2.06. The topological polar surface area (TPSA) is 59.3 Å². The summed E-state index contributed by atoms with van der Waals surface area (Å²) in [5.41, 5.74) is 0. The Morgan fingerprint density at radius 2 is 2.11 bits per heavy atom. The van der Waals surface area contributed by atoms with Gasteiger partial charge in [-0.2, -0.15) is 0 Å². The maximum atomic E-state index is 13.0. The fourth-order valence-corrected chi connectivity index (χ4v) is 2.79. The first-order valence-corrected chi connectivity index (χ1v) is 7.32. The Kier molecular flexibility index (Phi) is 4.24. The van der Waals surface area contributed by atoms with Crippen LogP contribution >= 0.6 is 11.6 Å². The standard InChI is InChI=1S/C12H11ClFNO3S/c13-11-8-10(3-4-12(11)14)19(16,17)15-6-5-9-2-1-7-18-9/h1-4,7-8,15H,5-6H2. The minimum Gasteiger partial charge on any atom is -0.469 e. The molecule has 0 aliphatic rings. The molecule has 0 unspecified atom stereocenters. The number of hydrogen-bond acceptors (Lipinski definition) is 3. The van der Waals surface area contributed by atoms with Crippen molar-refractivity contribution in [3.63, 3.8) is 0 Å². The molecule has 0 saturated heterocycles. The molecule has 0 aliphatic carbocycles. The SMILES string of the molecule is O=S(=O)(NCCc1ccco1)c1ccc(F)c(Cl)c1. The van der Waals surface area contributed by atoms with Crippen LogP contribution in [0.25, 0.3) is 0 Å². The lowest BCUT2D eigenvalue weighted by molar-refractivity contribution is 0.506. The van der Waals surface area contributed by atoms with E-state index in [1.165, 1.54) is 6.26 Å². The second kappa shape index (κ2) is 5.73. The third-order valence-corrected chi connectivity index (χ3v) is 4.19. The molecule has 0 atom stereocenters. The Morgan fingerprint density at radius 3 is 2.74 bits per heavy atom. The fraction of sp³-hybridized carbons (Fsp3) is 0.167. The number of nitrogens with one attached hydrogen (secondary N) is 1. The molecule has 4 nitrogen and oxygen atoms in total. The van der Waals surface area contributed by atoms with Gasteiger partial charge in [-0.3, -0.25) is 0 Å². The van der Waals surface area contributed by atoms with Crippen LogP contribution in [0, 0.1) is 5.82 Å². The van der Waals surface area contributed by atoms with Crippen molar-refractivity contribution in [1.29, 1.82) is 0 Å². The molecule has 7 heteroatoms. The third kappa shape index (κ3) is 3.56. The first kappa shape index (κ1) is 14.0. The third-order valence-electron chi connectivity index (χ3n) is 2.44. The highest BCUT2D eigenvalue weighted by atomic mass is 35.5. The van der Waals surface area contributed by atoms with E-state index in [9.17, 15) is 12.8 Å². The monoisotopic (exact) mass is 303 g/mol. The van der Waals surface area contributed by atoms with E-state index in [1.54, 1.807) is 12.1 Å². The second-order valence-electron chi connectivity index (χ2n) is 3.80. The van der Waals surface area contributed by atoms with Crippen LogP contribution in [0.1, 0.15) is 5.76 Å². The zero-order valence-corrected chi connectivity index (χ0v) is 11.3. The van der Waals surface area contributed by atoms with Crippen LogP contribution in [0.4, 0.5) is 4.39 Å². The van der Waals surface area contributed by atoms with E-state index in [0.717, 1.165) is 18.2 Å². The molecule has 2 aromatic rings. The van der Waals surface area contributed by atoms with Crippen molar-refractivity contribution in [2.75, 3.05) is 6.54 Å². The van der Waals surface area contributed by atoms with Crippen LogP contribution in [-0.4, -0.2) is 15.0 Å². The normalized spacial score (nSPS) is 11.7. The first-order chi connectivity index (χ1) is 8.99. The van der Waals surface area contributed by atoms with Gasteiger partial charge in [0.15, 0.2) is 0 Å². The minimum atomic E-state index is -3.70. The summed E-state index contributed by atoms with van der Waals surface area (Å²) in [5, 5.41) is -0.228. The van der Waals surface area contributed by atoms with Gasteiger partial charge in [-0.05, 0) is 30.3 Å². The van der Waals surface area contributed by atoms with Crippen molar-refractivity contribution in [2.45, 2.75) is 11.3 Å². The molecule has 1 aromatic carbocycles. The van der Waals surface area contributed by atoms with Crippen LogP contribution in [0.3, 0.4) is 0 Å². The number of hydrogen-bond donors (Lipinski definition) is 1. The van der Waals surface area contributed by atoms with Gasteiger partial charge in [0.2, 0.25) is 10.0 Å². The fourth-order valence-electron chi connectivity index (χ4n) is 1.49. The number of halogens is 2.